The summed E-state index contributed by atoms with van der Waals surface area (Å²) in [6.45, 7) is 0. The Hall–Kier alpha value is -2.94. The van der Waals surface area contributed by atoms with E-state index >= 15 is 0 Å². The number of nitro groups is 1. The topological polar surface area (TPSA) is 79.0 Å². The fourth-order valence-corrected chi connectivity index (χ4v) is 1.55. The highest BCUT2D eigenvalue weighted by Gasteiger charge is 2.09. The lowest BCUT2D eigenvalue weighted by molar-refractivity contribution is -0.384. The van der Waals surface area contributed by atoms with Crippen molar-refractivity contribution >= 4 is 17.1 Å². The lowest BCUT2D eigenvalue weighted by Crippen LogP contribution is -1.94. The van der Waals surface area contributed by atoms with E-state index in [1.54, 1.807) is 0 Å². The molecule has 0 aliphatic carbocycles. The second-order valence-corrected chi connectivity index (χ2v) is 3.77. The van der Waals surface area contributed by atoms with Crippen molar-refractivity contribution in [2.45, 2.75) is 0 Å². The number of non-ortho nitro benzene ring substituents is 1. The fraction of sp³-hybridized carbons (Fsp3) is 0. The second-order valence-electron chi connectivity index (χ2n) is 3.77. The molecule has 1 N–H and O–H groups in total. The van der Waals surface area contributed by atoms with Crippen LogP contribution in [0.2, 0.25) is 0 Å². The maximum absolute atomic E-state index is 12.8. The van der Waals surface area contributed by atoms with Gasteiger partial charge in [-0.2, -0.15) is 5.26 Å². The highest BCUT2D eigenvalue weighted by Crippen LogP contribution is 2.23. The van der Waals surface area contributed by atoms with Gasteiger partial charge in [-0.3, -0.25) is 10.1 Å². The molecule has 6 heteroatoms. The highest BCUT2D eigenvalue weighted by atomic mass is 19.1. The van der Waals surface area contributed by atoms with Gasteiger partial charge in [0.25, 0.3) is 5.69 Å². The molecule has 0 fully saturated rings. The minimum Gasteiger partial charge on any atom is -0.355 e. The molecule has 0 aromatic heterocycles. The molecular formula is C13H8FN3O2. The predicted octanol–water partition coefficient (Wildman–Crippen LogP) is 3.35. The van der Waals surface area contributed by atoms with Gasteiger partial charge in [-0.15, -0.1) is 0 Å². The zero-order valence-electron chi connectivity index (χ0n) is 9.63. The molecule has 0 saturated heterocycles. The second kappa shape index (κ2) is 5.14. The number of hydrogen-bond donors (Lipinski definition) is 1. The van der Waals surface area contributed by atoms with Crippen LogP contribution < -0.4 is 5.32 Å². The Morgan fingerprint density at radius 1 is 1.16 bits per heavy atom. The van der Waals surface area contributed by atoms with Gasteiger partial charge in [0.1, 0.15) is 5.82 Å². The van der Waals surface area contributed by atoms with Crippen LogP contribution in [0.15, 0.2) is 42.5 Å². The van der Waals surface area contributed by atoms with Gasteiger partial charge in [-0.1, -0.05) is 0 Å². The van der Waals surface area contributed by atoms with Crippen LogP contribution in [0.4, 0.5) is 21.5 Å². The zero-order valence-corrected chi connectivity index (χ0v) is 9.63. The van der Waals surface area contributed by atoms with Crippen LogP contribution in [0.5, 0.6) is 0 Å². The summed E-state index contributed by atoms with van der Waals surface area (Å²) < 4.78 is 12.8. The maximum Gasteiger partial charge on any atom is 0.272 e. The largest absolute Gasteiger partial charge is 0.355 e. The highest BCUT2D eigenvalue weighted by molar-refractivity contribution is 5.64. The van der Waals surface area contributed by atoms with Crippen LogP contribution in [-0.4, -0.2) is 4.92 Å². The van der Waals surface area contributed by atoms with E-state index in [0.29, 0.717) is 11.4 Å². The predicted molar refractivity (Wildman–Crippen MR) is 67.5 cm³/mol. The Bertz CT molecular complexity index is 663. The van der Waals surface area contributed by atoms with E-state index in [-0.39, 0.29) is 17.1 Å². The molecule has 2 rings (SSSR count). The van der Waals surface area contributed by atoms with E-state index in [0.717, 1.165) is 0 Å². The van der Waals surface area contributed by atoms with Gasteiger partial charge < -0.3 is 5.32 Å². The number of nitriles is 1. The molecule has 0 heterocycles. The number of nitrogens with zero attached hydrogens (tertiary/aromatic N) is 2. The number of benzene rings is 2. The third-order valence-corrected chi connectivity index (χ3v) is 2.39. The minimum absolute atomic E-state index is 0.177. The molecule has 0 aliphatic rings. The number of hydrogen-bond acceptors (Lipinski definition) is 4. The van der Waals surface area contributed by atoms with Crippen molar-refractivity contribution in [3.63, 3.8) is 0 Å². The maximum atomic E-state index is 12.8. The molecule has 94 valence electrons. The summed E-state index contributed by atoms with van der Waals surface area (Å²) in [7, 11) is 0. The molecule has 2 aromatic rings. The summed E-state index contributed by atoms with van der Waals surface area (Å²) in [6.07, 6.45) is 0. The molecule has 0 amide bonds. The summed E-state index contributed by atoms with van der Waals surface area (Å²) in [6, 6.07) is 11.4. The molecule has 0 saturated carbocycles. The molecule has 2 aromatic carbocycles. The van der Waals surface area contributed by atoms with E-state index in [4.69, 9.17) is 5.26 Å². The average molecular weight is 257 g/mol. The smallest absolute Gasteiger partial charge is 0.272 e. The Labute approximate surface area is 108 Å². The third kappa shape index (κ3) is 3.04. The van der Waals surface area contributed by atoms with Crippen molar-refractivity contribution in [1.29, 1.82) is 5.26 Å². The van der Waals surface area contributed by atoms with Crippen molar-refractivity contribution in [2.24, 2.45) is 0 Å². The van der Waals surface area contributed by atoms with Crippen LogP contribution in [-0.2, 0) is 0 Å². The Morgan fingerprint density at radius 3 is 2.42 bits per heavy atom. The number of anilines is 2. The summed E-state index contributed by atoms with van der Waals surface area (Å²) in [4.78, 5) is 10.2. The summed E-state index contributed by atoms with van der Waals surface area (Å²) in [5.41, 5.74) is 0.977. The SMILES string of the molecule is N#Cc1cc(Nc2ccc(F)cc2)cc([N+](=O)[O-])c1. The summed E-state index contributed by atoms with van der Waals surface area (Å²) >= 11 is 0. The Balaban J connectivity index is 2.34. The van der Waals surface area contributed by atoms with Gasteiger partial charge in [0, 0.05) is 23.5 Å². The van der Waals surface area contributed by atoms with Crippen molar-refractivity contribution in [3.05, 3.63) is 64.0 Å². The van der Waals surface area contributed by atoms with E-state index in [1.165, 1.54) is 42.5 Å². The molecule has 0 unspecified atom stereocenters. The fourth-order valence-electron chi connectivity index (χ4n) is 1.55. The van der Waals surface area contributed by atoms with Crippen molar-refractivity contribution in [1.82, 2.24) is 0 Å². The number of halogens is 1. The molecular weight excluding hydrogens is 249 g/mol. The first-order chi connectivity index (χ1) is 9.08. The summed E-state index contributed by atoms with van der Waals surface area (Å²) in [5.74, 6) is -0.373. The van der Waals surface area contributed by atoms with Gasteiger partial charge >= 0.3 is 0 Å². The lowest BCUT2D eigenvalue weighted by Gasteiger charge is -2.06. The molecule has 0 radical (unpaired) electrons. The van der Waals surface area contributed by atoms with Crippen molar-refractivity contribution < 1.29 is 9.31 Å². The van der Waals surface area contributed by atoms with E-state index in [2.05, 4.69) is 5.32 Å². The van der Waals surface area contributed by atoms with E-state index < -0.39 is 4.92 Å². The number of nitro benzene ring substituents is 1. The van der Waals surface area contributed by atoms with E-state index in [9.17, 15) is 14.5 Å². The van der Waals surface area contributed by atoms with Crippen LogP contribution in [0.1, 0.15) is 5.56 Å². The van der Waals surface area contributed by atoms with Gasteiger partial charge in [-0.05, 0) is 30.3 Å². The van der Waals surface area contributed by atoms with Gasteiger partial charge in [0.05, 0.1) is 16.6 Å². The van der Waals surface area contributed by atoms with E-state index in [1.807, 2.05) is 6.07 Å². The zero-order chi connectivity index (χ0) is 13.8. The average Bonchev–Trinajstić information content (AvgIpc) is 2.41. The standard InChI is InChI=1S/C13H8FN3O2/c14-10-1-3-11(4-2-10)16-12-5-9(8-15)6-13(7-12)17(18)19/h1-7,16H. The Morgan fingerprint density at radius 2 is 1.84 bits per heavy atom. The first-order valence-corrected chi connectivity index (χ1v) is 5.30. The lowest BCUT2D eigenvalue weighted by atomic mass is 10.2. The summed E-state index contributed by atoms with van der Waals surface area (Å²) in [5, 5.41) is 22.4. The first-order valence-electron chi connectivity index (χ1n) is 5.30. The van der Waals surface area contributed by atoms with Crippen molar-refractivity contribution in [2.75, 3.05) is 5.32 Å². The number of rotatable bonds is 3. The normalized spacial score (nSPS) is 9.68. The van der Waals surface area contributed by atoms with Crippen LogP contribution in [0.25, 0.3) is 0 Å². The third-order valence-electron chi connectivity index (χ3n) is 2.39. The van der Waals surface area contributed by atoms with Crippen LogP contribution in [0.3, 0.4) is 0 Å². The van der Waals surface area contributed by atoms with Gasteiger partial charge in [0.15, 0.2) is 0 Å². The monoisotopic (exact) mass is 257 g/mol. The molecule has 0 atom stereocenters. The molecule has 0 bridgehead atoms. The van der Waals surface area contributed by atoms with Crippen LogP contribution >= 0.6 is 0 Å². The quantitative estimate of drug-likeness (QED) is 0.675. The molecule has 5 nitrogen and oxygen atoms in total. The van der Waals surface area contributed by atoms with Gasteiger partial charge in [0.2, 0.25) is 0 Å². The first kappa shape index (κ1) is 12.5. The molecule has 0 aliphatic heterocycles. The molecule has 19 heavy (non-hydrogen) atoms. The minimum atomic E-state index is -0.573. The Kier molecular flexibility index (Phi) is 3.39. The number of nitrogens with one attached hydrogen (secondary N) is 1. The van der Waals surface area contributed by atoms with Crippen molar-refractivity contribution in [3.8, 4) is 6.07 Å². The molecule has 0 spiro atoms. The van der Waals surface area contributed by atoms with Gasteiger partial charge in [-0.25, -0.2) is 4.39 Å². The van der Waals surface area contributed by atoms with Crippen LogP contribution in [0, 0.1) is 27.3 Å².